The van der Waals surface area contributed by atoms with Crippen LogP contribution in [0.5, 0.6) is 17.2 Å². The maximum absolute atomic E-state index is 13.8. The minimum atomic E-state index is -0.783. The summed E-state index contributed by atoms with van der Waals surface area (Å²) in [6, 6.07) is 11.4. The summed E-state index contributed by atoms with van der Waals surface area (Å²) < 4.78 is 23.3. The van der Waals surface area contributed by atoms with E-state index in [1.54, 1.807) is 44.2 Å². The normalized spacial score (nSPS) is 15.1. The summed E-state index contributed by atoms with van der Waals surface area (Å²) in [4.78, 5) is 43.2. The van der Waals surface area contributed by atoms with E-state index in [-0.39, 0.29) is 23.5 Å². The molecule has 37 heavy (non-hydrogen) atoms. The van der Waals surface area contributed by atoms with Gasteiger partial charge in [-0.3, -0.25) is 14.2 Å². The van der Waals surface area contributed by atoms with Crippen molar-refractivity contribution in [3.8, 4) is 17.2 Å². The van der Waals surface area contributed by atoms with Crippen LogP contribution in [0.1, 0.15) is 37.9 Å². The number of aromatic nitrogens is 1. The number of thiazole rings is 1. The molecule has 4 rings (SSSR count). The fraction of sp³-hybridized carbons (Fsp3) is 0.259. The minimum Gasteiger partial charge on any atom is -0.496 e. The zero-order valence-electron chi connectivity index (χ0n) is 21.1. The van der Waals surface area contributed by atoms with Gasteiger partial charge in [-0.1, -0.05) is 35.6 Å². The van der Waals surface area contributed by atoms with E-state index in [9.17, 15) is 14.4 Å². The summed E-state index contributed by atoms with van der Waals surface area (Å²) >= 11 is 1.20. The van der Waals surface area contributed by atoms with Gasteiger partial charge in [-0.2, -0.15) is 0 Å². The molecule has 0 aliphatic carbocycles. The molecule has 0 bridgehead atoms. The van der Waals surface area contributed by atoms with Gasteiger partial charge in [0.15, 0.2) is 16.3 Å². The number of carbonyl (C=O) groups is 2. The third kappa shape index (κ3) is 5.05. The van der Waals surface area contributed by atoms with Crippen molar-refractivity contribution >= 4 is 29.4 Å². The maximum atomic E-state index is 13.8. The van der Waals surface area contributed by atoms with Crippen LogP contribution in [0.4, 0.5) is 0 Å². The Balaban J connectivity index is 1.92. The Morgan fingerprint density at radius 2 is 1.81 bits per heavy atom. The third-order valence-electron chi connectivity index (χ3n) is 5.69. The Morgan fingerprint density at radius 1 is 1.08 bits per heavy atom. The number of para-hydroxylation sites is 1. The zero-order chi connectivity index (χ0) is 26.7. The van der Waals surface area contributed by atoms with Crippen molar-refractivity contribution in [3.05, 3.63) is 84.5 Å². The van der Waals surface area contributed by atoms with Crippen LogP contribution >= 0.6 is 11.3 Å². The van der Waals surface area contributed by atoms with Gasteiger partial charge in [-0.15, -0.1) is 0 Å². The summed E-state index contributed by atoms with van der Waals surface area (Å²) in [6.07, 6.45) is 1.70. The monoisotopic (exact) mass is 522 g/mol. The molecule has 3 aromatic rings. The van der Waals surface area contributed by atoms with Crippen molar-refractivity contribution < 1.29 is 28.5 Å². The van der Waals surface area contributed by atoms with Crippen molar-refractivity contribution in [2.24, 2.45) is 4.99 Å². The summed E-state index contributed by atoms with van der Waals surface area (Å²) in [7, 11) is 3.00. The van der Waals surface area contributed by atoms with Crippen LogP contribution in [-0.2, 0) is 14.3 Å². The van der Waals surface area contributed by atoms with Gasteiger partial charge in [-0.25, -0.2) is 9.79 Å². The lowest BCUT2D eigenvalue weighted by atomic mass is 9.95. The lowest BCUT2D eigenvalue weighted by Crippen LogP contribution is -2.40. The number of esters is 2. The Kier molecular flexibility index (Phi) is 7.58. The minimum absolute atomic E-state index is 0.184. The molecular weight excluding hydrogens is 496 g/mol. The molecule has 2 heterocycles. The number of nitrogens with zero attached hydrogens (tertiary/aromatic N) is 2. The fourth-order valence-electron chi connectivity index (χ4n) is 4.14. The molecule has 0 saturated carbocycles. The van der Waals surface area contributed by atoms with Crippen LogP contribution in [0.2, 0.25) is 0 Å². The fourth-order valence-corrected chi connectivity index (χ4v) is 5.19. The van der Waals surface area contributed by atoms with Crippen molar-refractivity contribution in [1.29, 1.82) is 0 Å². The summed E-state index contributed by atoms with van der Waals surface area (Å²) in [5.74, 6) is 0.149. The van der Waals surface area contributed by atoms with Gasteiger partial charge < -0.3 is 18.9 Å². The molecule has 0 amide bonds. The second kappa shape index (κ2) is 10.8. The van der Waals surface area contributed by atoms with Gasteiger partial charge in [0.25, 0.3) is 5.56 Å². The highest BCUT2D eigenvalue weighted by Gasteiger charge is 2.34. The molecule has 0 fully saturated rings. The molecule has 0 spiro atoms. The molecule has 0 N–H and O–H groups in total. The van der Waals surface area contributed by atoms with E-state index in [1.807, 2.05) is 18.2 Å². The Labute approximate surface area is 216 Å². The third-order valence-corrected chi connectivity index (χ3v) is 6.67. The second-order valence-corrected chi connectivity index (χ2v) is 9.06. The number of ether oxygens (including phenoxy) is 4. The molecular formula is C27H26N2O7S. The van der Waals surface area contributed by atoms with Crippen LogP contribution in [0.15, 0.2) is 63.5 Å². The molecule has 0 radical (unpaired) electrons. The topological polar surface area (TPSA) is 105 Å². The number of benzene rings is 2. The average Bonchev–Trinajstić information content (AvgIpc) is 3.17. The number of allylic oxidation sites excluding steroid dienone is 1. The number of fused-ring (bicyclic) bond motifs is 1. The summed E-state index contributed by atoms with van der Waals surface area (Å²) in [6.45, 7) is 4.94. The van der Waals surface area contributed by atoms with Crippen molar-refractivity contribution in [2.45, 2.75) is 26.8 Å². The largest absolute Gasteiger partial charge is 0.496 e. The SMILES string of the molecule is CCOC(=O)C1=C(C)N=c2sc(=Cc3ccc(OC(C)=O)c(OC)c3)c(=O)n2[C@@H]1c1ccccc1OC. The van der Waals surface area contributed by atoms with Crippen LogP contribution in [0, 0.1) is 0 Å². The van der Waals surface area contributed by atoms with Gasteiger partial charge in [0.05, 0.1) is 36.6 Å². The molecule has 1 atom stereocenters. The molecule has 1 aromatic heterocycles. The number of hydrogen-bond acceptors (Lipinski definition) is 9. The maximum Gasteiger partial charge on any atom is 0.338 e. The van der Waals surface area contributed by atoms with E-state index in [4.69, 9.17) is 18.9 Å². The van der Waals surface area contributed by atoms with Crippen LogP contribution < -0.4 is 29.1 Å². The number of carbonyl (C=O) groups excluding carboxylic acids is 2. The van der Waals surface area contributed by atoms with Crippen LogP contribution in [-0.4, -0.2) is 37.3 Å². The van der Waals surface area contributed by atoms with Crippen molar-refractivity contribution in [2.75, 3.05) is 20.8 Å². The van der Waals surface area contributed by atoms with Gasteiger partial charge in [0, 0.05) is 12.5 Å². The lowest BCUT2D eigenvalue weighted by molar-refractivity contribution is -0.139. The molecule has 10 heteroatoms. The van der Waals surface area contributed by atoms with E-state index in [1.165, 1.54) is 37.0 Å². The van der Waals surface area contributed by atoms with Crippen molar-refractivity contribution in [3.63, 3.8) is 0 Å². The highest BCUT2D eigenvalue weighted by atomic mass is 32.1. The smallest absolute Gasteiger partial charge is 0.338 e. The number of rotatable bonds is 7. The zero-order valence-corrected chi connectivity index (χ0v) is 21.9. The average molecular weight is 523 g/mol. The molecule has 1 aliphatic rings. The van der Waals surface area contributed by atoms with E-state index in [0.29, 0.717) is 37.7 Å². The van der Waals surface area contributed by atoms with Crippen LogP contribution in [0.3, 0.4) is 0 Å². The van der Waals surface area contributed by atoms with E-state index in [2.05, 4.69) is 4.99 Å². The standard InChI is InChI=1S/C27H26N2O7S/c1-6-35-26(32)23-15(2)28-27-29(24(23)18-9-7-8-10-19(18)33-4)25(31)22(37-27)14-17-11-12-20(36-16(3)30)21(13-17)34-5/h7-14,24H,6H2,1-5H3/t24-/m1/s1. The van der Waals surface area contributed by atoms with E-state index >= 15 is 0 Å². The molecule has 0 unspecified atom stereocenters. The van der Waals surface area contributed by atoms with Gasteiger partial charge in [-0.05, 0) is 43.7 Å². The second-order valence-electron chi connectivity index (χ2n) is 8.05. The van der Waals surface area contributed by atoms with Gasteiger partial charge in [0.1, 0.15) is 11.8 Å². The Morgan fingerprint density at radius 3 is 2.49 bits per heavy atom. The van der Waals surface area contributed by atoms with Gasteiger partial charge in [0.2, 0.25) is 0 Å². The quantitative estimate of drug-likeness (QED) is 0.347. The molecule has 2 aromatic carbocycles. The first-order valence-corrected chi connectivity index (χ1v) is 12.3. The van der Waals surface area contributed by atoms with E-state index in [0.717, 1.165) is 0 Å². The first-order valence-electron chi connectivity index (χ1n) is 11.5. The predicted octanol–water partition coefficient (Wildman–Crippen LogP) is 2.74. The highest BCUT2D eigenvalue weighted by Crippen LogP contribution is 2.35. The van der Waals surface area contributed by atoms with Crippen LogP contribution in [0.25, 0.3) is 6.08 Å². The molecule has 192 valence electrons. The first-order chi connectivity index (χ1) is 17.8. The van der Waals surface area contributed by atoms with Gasteiger partial charge >= 0.3 is 11.9 Å². The lowest BCUT2D eigenvalue weighted by Gasteiger charge is -2.25. The Bertz CT molecular complexity index is 1580. The number of methoxy groups -OCH3 is 2. The predicted molar refractivity (Wildman–Crippen MR) is 138 cm³/mol. The number of hydrogen-bond donors (Lipinski definition) is 0. The molecule has 0 saturated heterocycles. The van der Waals surface area contributed by atoms with E-state index < -0.39 is 18.0 Å². The summed E-state index contributed by atoms with van der Waals surface area (Å²) in [5, 5.41) is 0. The Hall–Kier alpha value is -4.18. The molecule has 9 nitrogen and oxygen atoms in total. The first kappa shape index (κ1) is 25.9. The molecule has 1 aliphatic heterocycles. The summed E-state index contributed by atoms with van der Waals surface area (Å²) in [5.41, 5.74) is 1.72. The highest BCUT2D eigenvalue weighted by molar-refractivity contribution is 7.07. The van der Waals surface area contributed by atoms with Crippen molar-refractivity contribution in [1.82, 2.24) is 4.57 Å².